The summed E-state index contributed by atoms with van der Waals surface area (Å²) in [5.74, 6) is -2.73. The topological polar surface area (TPSA) is 26.3 Å². The highest BCUT2D eigenvalue weighted by molar-refractivity contribution is 5.88. The normalized spacial score (nSPS) is 11.9. The number of carbonyl (C=O) groups is 1. The van der Waals surface area contributed by atoms with E-state index in [1.165, 1.54) is 26.0 Å². The van der Waals surface area contributed by atoms with Crippen LogP contribution in [0.25, 0.3) is 17.2 Å². The fourth-order valence-corrected chi connectivity index (χ4v) is 3.04. The fourth-order valence-electron chi connectivity index (χ4n) is 3.04. The maximum atomic E-state index is 15.1. The lowest BCUT2D eigenvalue weighted by Gasteiger charge is -2.18. The second-order valence-corrected chi connectivity index (χ2v) is 6.30. The average Bonchev–Trinajstić information content (AvgIpc) is 2.58. The molecule has 0 aliphatic rings. The zero-order chi connectivity index (χ0) is 21.2. The Morgan fingerprint density at radius 2 is 1.71 bits per heavy atom. The van der Waals surface area contributed by atoms with E-state index in [-0.39, 0.29) is 28.9 Å². The first kappa shape index (κ1) is 21.6. The van der Waals surface area contributed by atoms with Crippen LogP contribution in [0.4, 0.5) is 22.0 Å². The molecule has 150 valence electrons. The Morgan fingerprint density at radius 1 is 1.07 bits per heavy atom. The van der Waals surface area contributed by atoms with Crippen LogP contribution >= 0.6 is 0 Å². The van der Waals surface area contributed by atoms with Gasteiger partial charge in [-0.05, 0) is 68.2 Å². The minimum absolute atomic E-state index is 0.0381. The van der Waals surface area contributed by atoms with Gasteiger partial charge < -0.3 is 4.74 Å². The maximum Gasteiger partial charge on any atom is 0.416 e. The van der Waals surface area contributed by atoms with Gasteiger partial charge in [-0.1, -0.05) is 6.07 Å². The lowest BCUT2D eigenvalue weighted by Crippen LogP contribution is -2.09. The van der Waals surface area contributed by atoms with E-state index in [2.05, 4.69) is 4.74 Å². The number of alkyl halides is 3. The summed E-state index contributed by atoms with van der Waals surface area (Å²) < 4.78 is 74.0. The number of esters is 1. The maximum absolute atomic E-state index is 15.1. The Bertz CT molecular complexity index is 943. The summed E-state index contributed by atoms with van der Waals surface area (Å²) in [4.78, 5) is 11.5. The highest BCUT2D eigenvalue weighted by Crippen LogP contribution is 2.40. The summed E-state index contributed by atoms with van der Waals surface area (Å²) >= 11 is 0. The van der Waals surface area contributed by atoms with Crippen molar-refractivity contribution in [1.29, 1.82) is 0 Å². The van der Waals surface area contributed by atoms with Crippen LogP contribution < -0.4 is 0 Å². The van der Waals surface area contributed by atoms with Crippen molar-refractivity contribution >= 4 is 12.0 Å². The first-order chi connectivity index (χ1) is 13.0. The highest BCUT2D eigenvalue weighted by atomic mass is 19.4. The van der Waals surface area contributed by atoms with Crippen LogP contribution in [-0.2, 0) is 15.7 Å². The fraction of sp³-hybridized carbons (Fsp3) is 0.286. The molecule has 0 saturated heterocycles. The molecule has 2 nitrogen and oxygen atoms in total. The lowest BCUT2D eigenvalue weighted by atomic mass is 9.89. The quantitative estimate of drug-likeness (QED) is 0.351. The predicted molar refractivity (Wildman–Crippen MR) is 96.7 cm³/mol. The second-order valence-electron chi connectivity index (χ2n) is 6.30. The van der Waals surface area contributed by atoms with Crippen LogP contribution in [0.3, 0.4) is 0 Å². The van der Waals surface area contributed by atoms with Gasteiger partial charge in [0, 0.05) is 17.2 Å². The number of rotatable bonds is 4. The Balaban J connectivity index is 2.74. The molecule has 0 aromatic heterocycles. The van der Waals surface area contributed by atoms with Crippen LogP contribution in [0.1, 0.15) is 34.7 Å². The van der Waals surface area contributed by atoms with Crippen LogP contribution in [-0.4, -0.2) is 12.6 Å². The molecule has 0 fully saturated rings. The first-order valence-electron chi connectivity index (χ1n) is 8.50. The van der Waals surface area contributed by atoms with Gasteiger partial charge in [-0.2, -0.15) is 13.2 Å². The summed E-state index contributed by atoms with van der Waals surface area (Å²) in [6.07, 6.45) is -2.80. The molecule has 0 atom stereocenters. The SMILES string of the molecule is CCOC(=O)/C=C\c1c(F)c(C)cc(-c2c(C)ccc(C(F)(F)F)c2C)c1F. The van der Waals surface area contributed by atoms with E-state index in [1.807, 2.05) is 0 Å². The largest absolute Gasteiger partial charge is 0.463 e. The van der Waals surface area contributed by atoms with E-state index in [1.54, 1.807) is 13.8 Å². The minimum atomic E-state index is -4.61. The average molecular weight is 398 g/mol. The molecule has 0 saturated carbocycles. The first-order valence-corrected chi connectivity index (χ1v) is 8.50. The molecule has 0 aliphatic heterocycles. The van der Waals surface area contributed by atoms with Gasteiger partial charge in [-0.15, -0.1) is 0 Å². The monoisotopic (exact) mass is 398 g/mol. The number of halogens is 5. The Labute approximate surface area is 159 Å². The van der Waals surface area contributed by atoms with Gasteiger partial charge in [-0.25, -0.2) is 13.6 Å². The Morgan fingerprint density at radius 3 is 2.29 bits per heavy atom. The van der Waals surface area contributed by atoms with Crippen LogP contribution in [0.15, 0.2) is 24.3 Å². The van der Waals surface area contributed by atoms with Crippen molar-refractivity contribution < 1.29 is 31.5 Å². The smallest absolute Gasteiger partial charge is 0.416 e. The molecule has 0 amide bonds. The zero-order valence-electron chi connectivity index (χ0n) is 15.8. The summed E-state index contributed by atoms with van der Waals surface area (Å²) in [5, 5.41) is 0. The van der Waals surface area contributed by atoms with Gasteiger partial charge >= 0.3 is 12.1 Å². The number of aryl methyl sites for hydroxylation is 2. The number of hydrogen-bond acceptors (Lipinski definition) is 2. The molecule has 28 heavy (non-hydrogen) atoms. The molecule has 0 bridgehead atoms. The van der Waals surface area contributed by atoms with Gasteiger partial charge in [0.2, 0.25) is 0 Å². The van der Waals surface area contributed by atoms with Crippen molar-refractivity contribution in [3.63, 3.8) is 0 Å². The molecule has 0 aliphatic carbocycles. The third-order valence-corrected chi connectivity index (χ3v) is 4.34. The number of carbonyl (C=O) groups excluding carboxylic acids is 1. The van der Waals surface area contributed by atoms with Crippen molar-refractivity contribution in [2.45, 2.75) is 33.9 Å². The van der Waals surface area contributed by atoms with Crippen LogP contribution in [0.2, 0.25) is 0 Å². The molecule has 0 radical (unpaired) electrons. The number of hydrogen-bond donors (Lipinski definition) is 0. The predicted octanol–water partition coefficient (Wildman–Crippen LogP) is 6.15. The third-order valence-electron chi connectivity index (χ3n) is 4.34. The molecule has 2 aromatic rings. The van der Waals surface area contributed by atoms with Crippen molar-refractivity contribution in [1.82, 2.24) is 0 Å². The third kappa shape index (κ3) is 4.24. The van der Waals surface area contributed by atoms with Gasteiger partial charge in [0.15, 0.2) is 0 Å². The standard InChI is InChI=1S/C21H19F5O2/c1-5-28-17(27)9-7-14-19(22)12(3)10-15(20(14)23)18-11(2)6-8-16(13(18)4)21(24,25)26/h6-10H,5H2,1-4H3/b9-7-. The van der Waals surface area contributed by atoms with Gasteiger partial charge in [0.1, 0.15) is 11.6 Å². The van der Waals surface area contributed by atoms with E-state index in [0.717, 1.165) is 18.2 Å². The van der Waals surface area contributed by atoms with Crippen LogP contribution in [0, 0.1) is 32.4 Å². The van der Waals surface area contributed by atoms with E-state index in [0.29, 0.717) is 5.56 Å². The van der Waals surface area contributed by atoms with Crippen molar-refractivity contribution in [3.05, 3.63) is 63.7 Å². The van der Waals surface area contributed by atoms with E-state index < -0.39 is 34.9 Å². The summed E-state index contributed by atoms with van der Waals surface area (Å²) in [7, 11) is 0. The molecule has 0 unspecified atom stereocenters. The van der Waals surface area contributed by atoms with Crippen molar-refractivity contribution in [2.75, 3.05) is 6.61 Å². The Hall–Kier alpha value is -2.70. The molecule has 0 N–H and O–H groups in total. The number of benzene rings is 2. The van der Waals surface area contributed by atoms with Crippen molar-refractivity contribution in [3.8, 4) is 11.1 Å². The molecule has 0 heterocycles. The molecule has 2 rings (SSSR count). The van der Waals surface area contributed by atoms with Gasteiger partial charge in [-0.3, -0.25) is 0 Å². The molecule has 0 spiro atoms. The number of ether oxygens (including phenoxy) is 1. The minimum Gasteiger partial charge on any atom is -0.463 e. The summed E-state index contributed by atoms with van der Waals surface area (Å²) in [6.45, 7) is 5.84. The zero-order valence-corrected chi connectivity index (χ0v) is 15.8. The van der Waals surface area contributed by atoms with E-state index in [9.17, 15) is 22.4 Å². The molecular weight excluding hydrogens is 379 g/mol. The molecule has 2 aromatic carbocycles. The molecular formula is C21H19F5O2. The van der Waals surface area contributed by atoms with Gasteiger partial charge in [0.25, 0.3) is 0 Å². The van der Waals surface area contributed by atoms with Crippen LogP contribution in [0.5, 0.6) is 0 Å². The van der Waals surface area contributed by atoms with Gasteiger partial charge in [0.05, 0.1) is 12.2 Å². The molecule has 7 heteroatoms. The second kappa shape index (κ2) is 8.12. The summed E-state index contributed by atoms with van der Waals surface area (Å²) in [6, 6.07) is 3.35. The van der Waals surface area contributed by atoms with E-state index >= 15 is 4.39 Å². The summed E-state index contributed by atoms with van der Waals surface area (Å²) in [5.41, 5.74) is -1.23. The highest BCUT2D eigenvalue weighted by Gasteiger charge is 2.34. The van der Waals surface area contributed by atoms with E-state index in [4.69, 9.17) is 0 Å². The lowest BCUT2D eigenvalue weighted by molar-refractivity contribution is -0.138. The van der Waals surface area contributed by atoms with Crippen molar-refractivity contribution in [2.24, 2.45) is 0 Å². The Kier molecular flexibility index (Phi) is 6.27.